The number of benzene rings is 2. The zero-order valence-electron chi connectivity index (χ0n) is 18.5. The fourth-order valence-electron chi connectivity index (χ4n) is 3.75. The van der Waals surface area contributed by atoms with Crippen LogP contribution < -0.4 is 11.2 Å². The van der Waals surface area contributed by atoms with Gasteiger partial charge in [-0.25, -0.2) is 14.3 Å². The smallest absolute Gasteiger partial charge is 0.320 e. The van der Waals surface area contributed by atoms with Gasteiger partial charge in [-0.15, -0.1) is 0 Å². The molecule has 0 bridgehead atoms. The number of fused-ring (bicyclic) bond motifs is 1. The van der Waals surface area contributed by atoms with Gasteiger partial charge in [0.25, 0.3) is 5.56 Å². The van der Waals surface area contributed by atoms with Crippen LogP contribution in [0.5, 0.6) is 0 Å². The van der Waals surface area contributed by atoms with Gasteiger partial charge in [-0.05, 0) is 54.3 Å². The lowest BCUT2D eigenvalue weighted by atomic mass is 10.1. The first kappa shape index (κ1) is 23.8. The van der Waals surface area contributed by atoms with Gasteiger partial charge in [-0.1, -0.05) is 37.6 Å². The zero-order chi connectivity index (χ0) is 24.6. The molecule has 0 aliphatic carbocycles. The molecule has 10 heteroatoms. The van der Waals surface area contributed by atoms with Gasteiger partial charge in [0.15, 0.2) is 11.2 Å². The molecular weight excluding hydrogens is 469 g/mol. The van der Waals surface area contributed by atoms with E-state index in [-0.39, 0.29) is 30.2 Å². The van der Waals surface area contributed by atoms with Crippen molar-refractivity contribution in [2.45, 2.75) is 39.5 Å². The summed E-state index contributed by atoms with van der Waals surface area (Å²) in [5.41, 5.74) is -0.753. The first-order valence-corrected chi connectivity index (χ1v) is 11.1. The summed E-state index contributed by atoms with van der Waals surface area (Å²) in [6.07, 6.45) is -2.51. The van der Waals surface area contributed by atoms with Gasteiger partial charge >= 0.3 is 11.9 Å². The Bertz CT molecular complexity index is 1450. The lowest BCUT2D eigenvalue weighted by Gasteiger charge is -2.14. The van der Waals surface area contributed by atoms with E-state index in [0.717, 1.165) is 16.7 Å². The van der Waals surface area contributed by atoms with E-state index < -0.39 is 23.0 Å². The van der Waals surface area contributed by atoms with E-state index in [4.69, 9.17) is 11.6 Å². The predicted octanol–water partition coefficient (Wildman–Crippen LogP) is 5.12. The standard InChI is InChI=1S/C24H22ClF3N4O2/c1-15(2)10-11-31-22(33)20-21(32(23(31)34)19-8-6-18(25)7-9-19)29-14-30(20)13-16-4-3-5-17(12-16)24(26,27)28/h3-9,12,14-15H,10-11,13H2,1-2H3. The van der Waals surface area contributed by atoms with Crippen molar-refractivity contribution in [1.29, 1.82) is 0 Å². The maximum Gasteiger partial charge on any atom is 0.416 e. The number of rotatable bonds is 6. The third-order valence-corrected chi connectivity index (χ3v) is 5.77. The summed E-state index contributed by atoms with van der Waals surface area (Å²) in [7, 11) is 0. The summed E-state index contributed by atoms with van der Waals surface area (Å²) in [5, 5.41) is 0.483. The molecule has 0 aliphatic rings. The van der Waals surface area contributed by atoms with E-state index in [2.05, 4.69) is 4.98 Å². The SMILES string of the molecule is CC(C)CCn1c(=O)c2c(ncn2Cc2cccc(C(F)(F)F)c2)n(-c2ccc(Cl)cc2)c1=O. The molecule has 0 aliphatic heterocycles. The van der Waals surface area contributed by atoms with Gasteiger partial charge in [0.05, 0.1) is 17.6 Å². The molecule has 0 N–H and O–H groups in total. The van der Waals surface area contributed by atoms with Crippen molar-refractivity contribution in [1.82, 2.24) is 18.7 Å². The van der Waals surface area contributed by atoms with Crippen molar-refractivity contribution in [3.05, 3.63) is 91.8 Å². The average molecular weight is 491 g/mol. The molecule has 0 saturated carbocycles. The van der Waals surface area contributed by atoms with Crippen molar-refractivity contribution in [3.8, 4) is 5.69 Å². The van der Waals surface area contributed by atoms with Crippen LogP contribution in [0, 0.1) is 5.92 Å². The molecule has 4 aromatic rings. The molecule has 178 valence electrons. The lowest BCUT2D eigenvalue weighted by Crippen LogP contribution is -2.40. The number of imidazole rings is 1. The Hall–Kier alpha value is -3.33. The van der Waals surface area contributed by atoms with Crippen LogP contribution >= 0.6 is 11.6 Å². The summed E-state index contributed by atoms with van der Waals surface area (Å²) < 4.78 is 43.4. The number of nitrogens with zero attached hydrogens (tertiary/aromatic N) is 4. The number of aromatic nitrogens is 4. The minimum atomic E-state index is -4.48. The number of hydrogen-bond donors (Lipinski definition) is 0. The summed E-state index contributed by atoms with van der Waals surface area (Å²) in [6, 6.07) is 11.4. The van der Waals surface area contributed by atoms with Crippen molar-refractivity contribution in [2.75, 3.05) is 0 Å². The second-order valence-electron chi connectivity index (χ2n) is 8.48. The first-order chi connectivity index (χ1) is 16.1. The number of hydrogen-bond acceptors (Lipinski definition) is 3. The third kappa shape index (κ3) is 4.65. The maximum atomic E-state index is 13.4. The van der Waals surface area contributed by atoms with Crippen LogP contribution in [0.2, 0.25) is 5.02 Å². The van der Waals surface area contributed by atoms with Crippen LogP contribution in [-0.4, -0.2) is 18.7 Å². The fraction of sp³-hybridized carbons (Fsp3) is 0.292. The van der Waals surface area contributed by atoms with E-state index in [0.29, 0.717) is 22.7 Å². The Labute approximate surface area is 197 Å². The van der Waals surface area contributed by atoms with E-state index >= 15 is 0 Å². The van der Waals surface area contributed by atoms with E-state index in [9.17, 15) is 22.8 Å². The van der Waals surface area contributed by atoms with Crippen LogP contribution in [0.25, 0.3) is 16.9 Å². The van der Waals surface area contributed by atoms with Gasteiger partial charge in [0, 0.05) is 18.1 Å². The van der Waals surface area contributed by atoms with Crippen LogP contribution in [0.1, 0.15) is 31.4 Å². The number of alkyl halides is 3. The van der Waals surface area contributed by atoms with Crippen molar-refractivity contribution < 1.29 is 13.2 Å². The van der Waals surface area contributed by atoms with E-state index in [1.54, 1.807) is 30.3 Å². The predicted molar refractivity (Wildman–Crippen MR) is 125 cm³/mol. The molecule has 0 atom stereocenters. The second-order valence-corrected chi connectivity index (χ2v) is 8.91. The summed E-state index contributed by atoms with van der Waals surface area (Å²) in [4.78, 5) is 31.0. The van der Waals surface area contributed by atoms with Crippen LogP contribution in [0.4, 0.5) is 13.2 Å². The van der Waals surface area contributed by atoms with E-state index in [1.165, 1.54) is 21.5 Å². The van der Waals surface area contributed by atoms with Crippen LogP contribution in [0.3, 0.4) is 0 Å². The van der Waals surface area contributed by atoms with Crippen molar-refractivity contribution in [3.63, 3.8) is 0 Å². The molecule has 0 saturated heterocycles. The second kappa shape index (κ2) is 9.13. The molecule has 0 spiro atoms. The molecular formula is C24H22ClF3N4O2. The van der Waals surface area contributed by atoms with Crippen LogP contribution in [-0.2, 0) is 19.3 Å². The van der Waals surface area contributed by atoms with Gasteiger partial charge in [-0.2, -0.15) is 13.2 Å². The highest BCUT2D eigenvalue weighted by Crippen LogP contribution is 2.30. The molecule has 6 nitrogen and oxygen atoms in total. The highest BCUT2D eigenvalue weighted by atomic mass is 35.5. The Morgan fingerprint density at radius 3 is 2.41 bits per heavy atom. The normalized spacial score (nSPS) is 12.1. The Morgan fingerprint density at radius 1 is 1.06 bits per heavy atom. The van der Waals surface area contributed by atoms with Crippen LogP contribution in [0.15, 0.2) is 64.4 Å². The molecule has 0 radical (unpaired) electrons. The van der Waals surface area contributed by atoms with Gasteiger partial charge < -0.3 is 4.57 Å². The quantitative estimate of drug-likeness (QED) is 0.377. The Morgan fingerprint density at radius 2 is 1.76 bits per heavy atom. The summed E-state index contributed by atoms with van der Waals surface area (Å²) in [5.74, 6) is 0.251. The Balaban J connectivity index is 1.91. The first-order valence-electron chi connectivity index (χ1n) is 10.7. The topological polar surface area (TPSA) is 61.8 Å². The lowest BCUT2D eigenvalue weighted by molar-refractivity contribution is -0.137. The minimum absolute atomic E-state index is 0.0152. The van der Waals surface area contributed by atoms with E-state index in [1.807, 2.05) is 13.8 Å². The number of halogens is 4. The fourth-order valence-corrected chi connectivity index (χ4v) is 3.88. The summed E-state index contributed by atoms with van der Waals surface area (Å²) in [6.45, 7) is 4.16. The van der Waals surface area contributed by atoms with Gasteiger partial charge in [-0.3, -0.25) is 9.36 Å². The van der Waals surface area contributed by atoms with Crippen molar-refractivity contribution in [2.24, 2.45) is 5.92 Å². The highest BCUT2D eigenvalue weighted by molar-refractivity contribution is 6.30. The molecule has 0 amide bonds. The largest absolute Gasteiger partial charge is 0.416 e. The molecule has 2 heterocycles. The Kier molecular flexibility index (Phi) is 6.40. The molecule has 2 aromatic heterocycles. The minimum Gasteiger partial charge on any atom is -0.320 e. The third-order valence-electron chi connectivity index (χ3n) is 5.52. The molecule has 0 fully saturated rings. The molecule has 0 unspecified atom stereocenters. The average Bonchev–Trinajstić information content (AvgIpc) is 3.17. The monoisotopic (exact) mass is 490 g/mol. The van der Waals surface area contributed by atoms with Gasteiger partial charge in [0.2, 0.25) is 0 Å². The maximum absolute atomic E-state index is 13.4. The zero-order valence-corrected chi connectivity index (χ0v) is 19.3. The summed E-state index contributed by atoms with van der Waals surface area (Å²) >= 11 is 5.99. The molecule has 2 aromatic carbocycles. The highest BCUT2D eigenvalue weighted by Gasteiger charge is 2.30. The van der Waals surface area contributed by atoms with Gasteiger partial charge in [0.1, 0.15) is 0 Å². The van der Waals surface area contributed by atoms with Crippen molar-refractivity contribution >= 4 is 22.8 Å². The molecule has 4 rings (SSSR count). The molecule has 34 heavy (non-hydrogen) atoms.